The van der Waals surface area contributed by atoms with E-state index in [1.807, 2.05) is 0 Å². The summed E-state index contributed by atoms with van der Waals surface area (Å²) in [4.78, 5) is 0. The fraction of sp³-hybridized carbons (Fsp3) is 0. The van der Waals surface area contributed by atoms with Crippen LogP contribution >= 0.6 is 0 Å². The molecule has 3 heterocycles. The summed E-state index contributed by atoms with van der Waals surface area (Å²) in [6.07, 6.45) is 2.21. The minimum absolute atomic E-state index is 1.13. The maximum absolute atomic E-state index is 2.41. The number of hydrogen-bond donors (Lipinski definition) is 0. The predicted octanol–water partition coefficient (Wildman–Crippen LogP) is 13.2. The first-order chi connectivity index (χ1) is 26.3. The molecule has 0 radical (unpaired) electrons. The van der Waals surface area contributed by atoms with Gasteiger partial charge in [0, 0.05) is 50.2 Å². The number of nitrogens with zero attached hydrogens (tertiary/aromatic N) is 3. The minimum atomic E-state index is 1.13. The Bertz CT molecular complexity index is 3030. The van der Waals surface area contributed by atoms with Gasteiger partial charge in [0.2, 0.25) is 0 Å². The van der Waals surface area contributed by atoms with Crippen molar-refractivity contribution in [3.63, 3.8) is 0 Å². The van der Waals surface area contributed by atoms with Crippen LogP contribution in [0.1, 0.15) is 0 Å². The highest BCUT2D eigenvalue weighted by Crippen LogP contribution is 2.39. The molecule has 53 heavy (non-hydrogen) atoms. The Balaban J connectivity index is 1.06. The number of rotatable bonds is 5. The molecule has 0 atom stereocenters. The fourth-order valence-electron chi connectivity index (χ4n) is 8.43. The Morgan fingerprint density at radius 2 is 0.774 bits per heavy atom. The molecule has 0 spiro atoms. The smallest absolute Gasteiger partial charge is 0.0635 e. The van der Waals surface area contributed by atoms with Crippen molar-refractivity contribution in [1.29, 1.82) is 0 Å². The molecule has 0 saturated heterocycles. The number of hydrogen-bond acceptors (Lipinski definition) is 0. The molecule has 0 bridgehead atoms. The van der Waals surface area contributed by atoms with Crippen LogP contribution < -0.4 is 0 Å². The second-order valence-corrected chi connectivity index (χ2v) is 13.8. The molecule has 3 nitrogen and oxygen atoms in total. The van der Waals surface area contributed by atoms with Gasteiger partial charge < -0.3 is 13.7 Å². The number of fused-ring (bicyclic) bond motifs is 8. The molecule has 0 saturated carbocycles. The van der Waals surface area contributed by atoms with Crippen molar-refractivity contribution in [2.24, 2.45) is 0 Å². The molecule has 3 heteroatoms. The van der Waals surface area contributed by atoms with Gasteiger partial charge in [0.1, 0.15) is 0 Å². The third kappa shape index (κ3) is 4.61. The summed E-state index contributed by atoms with van der Waals surface area (Å²) < 4.78 is 7.14. The van der Waals surface area contributed by atoms with Crippen molar-refractivity contribution in [3.8, 4) is 39.3 Å². The van der Waals surface area contributed by atoms with Gasteiger partial charge in [-0.1, -0.05) is 115 Å². The first-order valence-corrected chi connectivity index (χ1v) is 18.2. The molecule has 3 aromatic heterocycles. The molecule has 0 fully saturated rings. The third-order valence-corrected chi connectivity index (χ3v) is 10.9. The highest BCUT2D eigenvalue weighted by atomic mass is 15.0. The molecule has 0 aliphatic rings. The van der Waals surface area contributed by atoms with Crippen LogP contribution in [0.25, 0.3) is 93.8 Å². The maximum Gasteiger partial charge on any atom is 0.0635 e. The van der Waals surface area contributed by atoms with Crippen molar-refractivity contribution >= 4 is 54.5 Å². The van der Waals surface area contributed by atoms with Crippen molar-refractivity contribution in [2.45, 2.75) is 0 Å². The van der Waals surface area contributed by atoms with Crippen LogP contribution in [0.2, 0.25) is 0 Å². The summed E-state index contributed by atoms with van der Waals surface area (Å²) in [7, 11) is 0. The quantitative estimate of drug-likeness (QED) is 0.172. The summed E-state index contributed by atoms with van der Waals surface area (Å²) >= 11 is 0. The van der Waals surface area contributed by atoms with E-state index in [4.69, 9.17) is 0 Å². The van der Waals surface area contributed by atoms with E-state index in [2.05, 4.69) is 214 Å². The molecule has 11 aromatic rings. The predicted molar refractivity (Wildman–Crippen MR) is 223 cm³/mol. The first-order valence-electron chi connectivity index (χ1n) is 18.2. The van der Waals surface area contributed by atoms with Gasteiger partial charge in [-0.15, -0.1) is 0 Å². The summed E-state index contributed by atoms with van der Waals surface area (Å²) in [5, 5.41) is 6.26. The molecule has 248 valence electrons. The Morgan fingerprint density at radius 1 is 0.264 bits per heavy atom. The lowest BCUT2D eigenvalue weighted by molar-refractivity contribution is 1.11. The molecule has 0 amide bonds. The summed E-state index contributed by atoms with van der Waals surface area (Å²) in [6.45, 7) is 0. The van der Waals surface area contributed by atoms with E-state index in [1.165, 1.54) is 82.5 Å². The zero-order chi connectivity index (χ0) is 34.9. The van der Waals surface area contributed by atoms with E-state index in [0.717, 1.165) is 11.4 Å². The summed E-state index contributed by atoms with van der Waals surface area (Å²) in [6, 6.07) is 70.4. The second-order valence-electron chi connectivity index (χ2n) is 13.8. The molecule has 0 aliphatic carbocycles. The molecule has 0 aliphatic heterocycles. The van der Waals surface area contributed by atoms with Gasteiger partial charge in [-0.2, -0.15) is 0 Å². The topological polar surface area (TPSA) is 14.8 Å². The van der Waals surface area contributed by atoms with Crippen molar-refractivity contribution in [2.75, 3.05) is 0 Å². The Hall–Kier alpha value is -7.10. The van der Waals surface area contributed by atoms with Crippen LogP contribution in [0.4, 0.5) is 0 Å². The van der Waals surface area contributed by atoms with E-state index in [1.54, 1.807) is 0 Å². The van der Waals surface area contributed by atoms with E-state index in [-0.39, 0.29) is 0 Å². The van der Waals surface area contributed by atoms with Gasteiger partial charge in [0.05, 0.1) is 27.6 Å². The average molecular weight is 676 g/mol. The molecular weight excluding hydrogens is 643 g/mol. The fourth-order valence-corrected chi connectivity index (χ4v) is 8.43. The molecule has 0 N–H and O–H groups in total. The minimum Gasteiger partial charge on any atom is -0.316 e. The van der Waals surface area contributed by atoms with Crippen LogP contribution in [-0.4, -0.2) is 13.7 Å². The van der Waals surface area contributed by atoms with Gasteiger partial charge in [-0.3, -0.25) is 0 Å². The Morgan fingerprint density at radius 3 is 1.42 bits per heavy atom. The van der Waals surface area contributed by atoms with Gasteiger partial charge >= 0.3 is 0 Å². The monoisotopic (exact) mass is 675 g/mol. The molecule has 0 unspecified atom stereocenters. The molecule has 11 rings (SSSR count). The van der Waals surface area contributed by atoms with Crippen molar-refractivity contribution in [1.82, 2.24) is 13.7 Å². The van der Waals surface area contributed by atoms with Gasteiger partial charge in [0.15, 0.2) is 0 Å². The standard InChI is InChI=1S/C50H33N3/c1-4-12-34(13-5-1)36-20-27-48-44(32-36)45-33-37(35-14-6-2-7-15-35)21-28-49(45)52(48)40-24-22-38(23-25-40)51-31-30-43-46(51)29-26-42-41-18-10-11-19-47(41)53(50(42)43)39-16-8-3-9-17-39/h1-33H. The van der Waals surface area contributed by atoms with Gasteiger partial charge in [-0.05, 0) is 101 Å². The van der Waals surface area contributed by atoms with E-state index in [0.29, 0.717) is 0 Å². The van der Waals surface area contributed by atoms with Crippen molar-refractivity contribution < 1.29 is 0 Å². The average Bonchev–Trinajstić information content (AvgIpc) is 3.92. The van der Waals surface area contributed by atoms with E-state index >= 15 is 0 Å². The van der Waals surface area contributed by atoms with Crippen LogP contribution in [0.15, 0.2) is 200 Å². The lowest BCUT2D eigenvalue weighted by atomic mass is 10.0. The highest BCUT2D eigenvalue weighted by molar-refractivity contribution is 6.18. The summed E-state index contributed by atoms with van der Waals surface area (Å²) in [5.41, 5.74) is 14.3. The maximum atomic E-state index is 2.41. The Labute approximate surface area is 306 Å². The number of aromatic nitrogens is 3. The SMILES string of the molecule is c1ccc(-c2ccc3c(c2)c2cc(-c4ccccc4)ccc2n3-c2ccc(-n3ccc4c3ccc3c5ccccc5n(-c5ccccc5)c34)cc2)cc1. The van der Waals surface area contributed by atoms with Gasteiger partial charge in [-0.25, -0.2) is 0 Å². The lowest BCUT2D eigenvalue weighted by Crippen LogP contribution is -1.97. The summed E-state index contributed by atoms with van der Waals surface area (Å²) in [5.74, 6) is 0. The van der Waals surface area contributed by atoms with Crippen LogP contribution in [0.3, 0.4) is 0 Å². The largest absolute Gasteiger partial charge is 0.316 e. The zero-order valence-electron chi connectivity index (χ0n) is 28.9. The van der Waals surface area contributed by atoms with Crippen molar-refractivity contribution in [3.05, 3.63) is 200 Å². The van der Waals surface area contributed by atoms with Crippen LogP contribution in [-0.2, 0) is 0 Å². The normalized spacial score (nSPS) is 11.8. The van der Waals surface area contributed by atoms with E-state index < -0.39 is 0 Å². The first kappa shape index (κ1) is 29.6. The lowest BCUT2D eigenvalue weighted by Gasteiger charge is -2.12. The van der Waals surface area contributed by atoms with Gasteiger partial charge in [0.25, 0.3) is 0 Å². The van der Waals surface area contributed by atoms with Crippen LogP contribution in [0, 0.1) is 0 Å². The Kier molecular flexibility index (Phi) is 6.55. The molecule has 8 aromatic carbocycles. The highest BCUT2D eigenvalue weighted by Gasteiger charge is 2.18. The van der Waals surface area contributed by atoms with Crippen LogP contribution in [0.5, 0.6) is 0 Å². The van der Waals surface area contributed by atoms with E-state index in [9.17, 15) is 0 Å². The number of benzene rings is 8. The zero-order valence-corrected chi connectivity index (χ0v) is 28.9. The number of para-hydroxylation sites is 2. The molecular formula is C50H33N3. The third-order valence-electron chi connectivity index (χ3n) is 10.9. The second kappa shape index (κ2) is 11.7.